The zero-order chi connectivity index (χ0) is 16.5. The molecule has 0 saturated heterocycles. The number of benzene rings is 2. The summed E-state index contributed by atoms with van der Waals surface area (Å²) in [6.45, 7) is 0. The number of rotatable bonds is 3. The molecule has 1 N–H and O–H groups in total. The average molecular weight is 324 g/mol. The maximum absolute atomic E-state index is 13.8. The Morgan fingerprint density at radius 3 is 2.67 bits per heavy atom. The lowest BCUT2D eigenvalue weighted by Crippen LogP contribution is -1.87. The molecule has 0 amide bonds. The standard InChI is InChI=1S/C17H10F2N4O/c18-12-4-5-14(19)13(9-12)17-21-16(23-24-17)11-3-1-2-10(8-11)15-6-7-20-22-15/h1-9H,(H,20,22). The van der Waals surface area contributed by atoms with Crippen molar-refractivity contribution in [3.05, 3.63) is 66.4 Å². The van der Waals surface area contributed by atoms with Crippen LogP contribution in [0.3, 0.4) is 0 Å². The molecular formula is C17H10F2N4O. The molecule has 118 valence electrons. The van der Waals surface area contributed by atoms with Crippen LogP contribution in [0.15, 0.2) is 59.3 Å². The second kappa shape index (κ2) is 5.69. The normalized spacial score (nSPS) is 10.9. The van der Waals surface area contributed by atoms with E-state index in [0.717, 1.165) is 29.5 Å². The van der Waals surface area contributed by atoms with E-state index >= 15 is 0 Å². The zero-order valence-electron chi connectivity index (χ0n) is 12.2. The predicted octanol–water partition coefficient (Wildman–Crippen LogP) is 4.07. The van der Waals surface area contributed by atoms with Crippen molar-refractivity contribution in [1.82, 2.24) is 20.3 Å². The van der Waals surface area contributed by atoms with Gasteiger partial charge in [0.25, 0.3) is 5.89 Å². The molecule has 0 radical (unpaired) electrons. The van der Waals surface area contributed by atoms with Crippen LogP contribution in [0.5, 0.6) is 0 Å². The molecule has 0 aliphatic rings. The minimum Gasteiger partial charge on any atom is -0.334 e. The van der Waals surface area contributed by atoms with Crippen molar-refractivity contribution in [2.45, 2.75) is 0 Å². The summed E-state index contributed by atoms with van der Waals surface area (Å²) in [7, 11) is 0. The summed E-state index contributed by atoms with van der Waals surface area (Å²) in [6, 6.07) is 12.3. The van der Waals surface area contributed by atoms with E-state index in [2.05, 4.69) is 20.3 Å². The molecule has 0 aliphatic carbocycles. The van der Waals surface area contributed by atoms with Crippen molar-refractivity contribution in [3.8, 4) is 34.1 Å². The van der Waals surface area contributed by atoms with E-state index < -0.39 is 11.6 Å². The fourth-order valence-electron chi connectivity index (χ4n) is 2.35. The largest absolute Gasteiger partial charge is 0.334 e. The van der Waals surface area contributed by atoms with Gasteiger partial charge in [-0.2, -0.15) is 10.1 Å². The molecule has 24 heavy (non-hydrogen) atoms. The second-order valence-electron chi connectivity index (χ2n) is 5.10. The number of aromatic amines is 1. The fourth-order valence-corrected chi connectivity index (χ4v) is 2.35. The highest BCUT2D eigenvalue weighted by atomic mass is 19.1. The van der Waals surface area contributed by atoms with Crippen molar-refractivity contribution >= 4 is 0 Å². The molecule has 0 unspecified atom stereocenters. The van der Waals surface area contributed by atoms with Crippen LogP contribution >= 0.6 is 0 Å². The van der Waals surface area contributed by atoms with E-state index in [1.807, 2.05) is 24.3 Å². The molecule has 7 heteroatoms. The van der Waals surface area contributed by atoms with Crippen LogP contribution in [-0.4, -0.2) is 20.3 Å². The molecular weight excluding hydrogens is 314 g/mol. The lowest BCUT2D eigenvalue weighted by atomic mass is 10.1. The Morgan fingerprint density at radius 2 is 1.83 bits per heavy atom. The maximum Gasteiger partial charge on any atom is 0.261 e. The minimum absolute atomic E-state index is 0.0709. The Hall–Kier alpha value is -3.35. The van der Waals surface area contributed by atoms with Crippen molar-refractivity contribution in [3.63, 3.8) is 0 Å². The number of halogens is 2. The van der Waals surface area contributed by atoms with Crippen LogP contribution in [0.25, 0.3) is 34.1 Å². The van der Waals surface area contributed by atoms with Gasteiger partial charge >= 0.3 is 0 Å². The highest BCUT2D eigenvalue weighted by Gasteiger charge is 2.15. The van der Waals surface area contributed by atoms with Gasteiger partial charge in [-0.15, -0.1) is 0 Å². The van der Waals surface area contributed by atoms with Gasteiger partial charge in [-0.1, -0.05) is 23.4 Å². The Bertz CT molecular complexity index is 996. The first-order chi connectivity index (χ1) is 11.7. The van der Waals surface area contributed by atoms with Gasteiger partial charge in [0, 0.05) is 17.3 Å². The van der Waals surface area contributed by atoms with E-state index in [9.17, 15) is 8.78 Å². The highest BCUT2D eigenvalue weighted by Crippen LogP contribution is 2.27. The summed E-state index contributed by atoms with van der Waals surface area (Å²) in [6.07, 6.45) is 1.65. The predicted molar refractivity (Wildman–Crippen MR) is 82.7 cm³/mol. The van der Waals surface area contributed by atoms with Gasteiger partial charge < -0.3 is 4.52 Å². The highest BCUT2D eigenvalue weighted by molar-refractivity contribution is 5.68. The maximum atomic E-state index is 13.8. The van der Waals surface area contributed by atoms with Gasteiger partial charge in [0.2, 0.25) is 5.82 Å². The molecule has 0 bridgehead atoms. The number of hydrogen-bond donors (Lipinski definition) is 1. The number of nitrogens with zero attached hydrogens (tertiary/aromatic N) is 3. The topological polar surface area (TPSA) is 67.6 Å². The number of hydrogen-bond acceptors (Lipinski definition) is 4. The van der Waals surface area contributed by atoms with Crippen LogP contribution < -0.4 is 0 Å². The summed E-state index contributed by atoms with van der Waals surface area (Å²) in [4.78, 5) is 4.16. The van der Waals surface area contributed by atoms with E-state index in [1.54, 1.807) is 12.3 Å². The molecule has 0 fully saturated rings. The molecule has 0 atom stereocenters. The first-order valence-corrected chi connectivity index (χ1v) is 7.10. The first-order valence-electron chi connectivity index (χ1n) is 7.10. The number of aromatic nitrogens is 4. The quantitative estimate of drug-likeness (QED) is 0.617. The van der Waals surface area contributed by atoms with Crippen molar-refractivity contribution in [2.24, 2.45) is 0 Å². The SMILES string of the molecule is Fc1ccc(F)c(-c2nc(-c3cccc(-c4ccn[nH]4)c3)no2)c1. The Kier molecular flexibility index (Phi) is 3.38. The van der Waals surface area contributed by atoms with Gasteiger partial charge in [-0.25, -0.2) is 8.78 Å². The minimum atomic E-state index is -0.627. The summed E-state index contributed by atoms with van der Waals surface area (Å²) in [5.74, 6) is -0.992. The summed E-state index contributed by atoms with van der Waals surface area (Å²) < 4.78 is 32.2. The third-order valence-corrected chi connectivity index (χ3v) is 3.52. The third kappa shape index (κ3) is 2.56. The van der Waals surface area contributed by atoms with E-state index in [1.165, 1.54) is 0 Å². The first kappa shape index (κ1) is 14.3. The Morgan fingerprint density at radius 1 is 0.958 bits per heavy atom. The van der Waals surface area contributed by atoms with E-state index in [4.69, 9.17) is 4.52 Å². The smallest absolute Gasteiger partial charge is 0.261 e. The van der Waals surface area contributed by atoms with Gasteiger partial charge in [-0.05, 0) is 30.3 Å². The molecule has 4 rings (SSSR count). The zero-order valence-corrected chi connectivity index (χ0v) is 12.2. The summed E-state index contributed by atoms with van der Waals surface area (Å²) in [5.41, 5.74) is 2.36. The van der Waals surface area contributed by atoms with Crippen molar-refractivity contribution in [2.75, 3.05) is 0 Å². The fraction of sp³-hybridized carbons (Fsp3) is 0. The Balaban J connectivity index is 1.73. The average Bonchev–Trinajstić information content (AvgIpc) is 3.29. The van der Waals surface area contributed by atoms with Crippen LogP contribution in [0.2, 0.25) is 0 Å². The summed E-state index contributed by atoms with van der Waals surface area (Å²) in [5, 5.41) is 10.6. The second-order valence-corrected chi connectivity index (χ2v) is 5.10. The lowest BCUT2D eigenvalue weighted by molar-refractivity contribution is 0.429. The van der Waals surface area contributed by atoms with Crippen LogP contribution in [0.4, 0.5) is 8.78 Å². The third-order valence-electron chi connectivity index (χ3n) is 3.52. The van der Waals surface area contributed by atoms with Gasteiger partial charge in [-0.3, -0.25) is 5.10 Å². The molecule has 0 aliphatic heterocycles. The van der Waals surface area contributed by atoms with Crippen LogP contribution in [0.1, 0.15) is 0 Å². The van der Waals surface area contributed by atoms with E-state index in [-0.39, 0.29) is 17.3 Å². The van der Waals surface area contributed by atoms with Gasteiger partial charge in [0.1, 0.15) is 11.6 Å². The van der Waals surface area contributed by atoms with Crippen molar-refractivity contribution < 1.29 is 13.3 Å². The van der Waals surface area contributed by atoms with Crippen LogP contribution in [0, 0.1) is 11.6 Å². The van der Waals surface area contributed by atoms with Crippen LogP contribution in [-0.2, 0) is 0 Å². The number of nitrogens with one attached hydrogen (secondary N) is 1. The number of H-pyrrole nitrogens is 1. The summed E-state index contributed by atoms with van der Waals surface area (Å²) >= 11 is 0. The molecule has 5 nitrogen and oxygen atoms in total. The molecule has 2 aromatic heterocycles. The molecule has 2 heterocycles. The molecule has 4 aromatic rings. The van der Waals surface area contributed by atoms with Crippen molar-refractivity contribution in [1.29, 1.82) is 0 Å². The van der Waals surface area contributed by atoms with Gasteiger partial charge in [0.05, 0.1) is 11.3 Å². The lowest BCUT2D eigenvalue weighted by Gasteiger charge is -1.99. The molecule has 0 spiro atoms. The van der Waals surface area contributed by atoms with Gasteiger partial charge in [0.15, 0.2) is 0 Å². The molecule has 0 saturated carbocycles. The molecule has 2 aromatic carbocycles. The Labute approximate surface area is 135 Å². The van der Waals surface area contributed by atoms with E-state index in [0.29, 0.717) is 5.56 Å². The monoisotopic (exact) mass is 324 g/mol.